The van der Waals surface area contributed by atoms with Gasteiger partial charge in [-0.25, -0.2) is 13.1 Å². The van der Waals surface area contributed by atoms with Gasteiger partial charge >= 0.3 is 0 Å². The Morgan fingerprint density at radius 2 is 2.19 bits per heavy atom. The molecule has 1 aromatic rings. The second kappa shape index (κ2) is 9.96. The molecule has 146 valence electrons. The van der Waals surface area contributed by atoms with E-state index in [-0.39, 0.29) is 36.8 Å². The Kier molecular flexibility index (Phi) is 7.95. The lowest BCUT2D eigenvalue weighted by Crippen LogP contribution is -2.51. The molecule has 26 heavy (non-hydrogen) atoms. The van der Waals surface area contributed by atoms with Gasteiger partial charge in [-0.3, -0.25) is 9.78 Å². The predicted molar refractivity (Wildman–Crippen MR) is 96.9 cm³/mol. The summed E-state index contributed by atoms with van der Waals surface area (Å²) >= 11 is 0. The Labute approximate surface area is 154 Å². The molecule has 0 aromatic carbocycles. The summed E-state index contributed by atoms with van der Waals surface area (Å²) in [5.41, 5.74) is 0.684. The lowest BCUT2D eigenvalue weighted by atomic mass is 9.97. The minimum Gasteiger partial charge on any atom is -0.394 e. The molecule has 1 aromatic heterocycles. The molecule has 9 heteroatoms. The highest BCUT2D eigenvalue weighted by molar-refractivity contribution is 7.89. The summed E-state index contributed by atoms with van der Waals surface area (Å²) in [6.45, 7) is 1.68. The number of hydrogen-bond donors (Lipinski definition) is 3. The number of aromatic nitrogens is 1. The number of carbonyl (C=O) groups excluding carboxylic acids is 1. The van der Waals surface area contributed by atoms with Gasteiger partial charge in [0, 0.05) is 18.4 Å². The summed E-state index contributed by atoms with van der Waals surface area (Å²) in [6.07, 6.45) is 3.07. The van der Waals surface area contributed by atoms with Crippen molar-refractivity contribution in [3.05, 3.63) is 30.1 Å². The molecule has 3 N–H and O–H groups in total. The molecule has 1 aliphatic rings. The van der Waals surface area contributed by atoms with Crippen molar-refractivity contribution in [2.75, 3.05) is 18.9 Å². The standard InChI is InChI=1S/C17H27N3O5S/c1-2-26(23,24)19-10-8-14-6-7-15(16(12-21)25-14)20-17(22)11-13-5-3-4-9-18-13/h3-5,9,14-16,19,21H,2,6-8,10-12H2,1H3,(H,20,22)/t14-,15+,16-/m0/s1. The van der Waals surface area contributed by atoms with Crippen molar-refractivity contribution >= 4 is 15.9 Å². The van der Waals surface area contributed by atoms with Crippen LogP contribution < -0.4 is 10.0 Å². The Bertz CT molecular complexity index is 668. The monoisotopic (exact) mass is 385 g/mol. The molecule has 2 heterocycles. The van der Waals surface area contributed by atoms with E-state index in [2.05, 4.69) is 15.0 Å². The summed E-state index contributed by atoms with van der Waals surface area (Å²) in [7, 11) is -3.21. The Morgan fingerprint density at radius 1 is 1.38 bits per heavy atom. The van der Waals surface area contributed by atoms with E-state index in [1.165, 1.54) is 0 Å². The first-order valence-electron chi connectivity index (χ1n) is 8.86. The third-order valence-electron chi connectivity index (χ3n) is 4.38. The molecule has 1 aliphatic heterocycles. The fourth-order valence-electron chi connectivity index (χ4n) is 2.91. The van der Waals surface area contributed by atoms with E-state index in [1.54, 1.807) is 25.3 Å². The summed E-state index contributed by atoms with van der Waals surface area (Å²) in [4.78, 5) is 16.3. The number of pyridine rings is 1. The summed E-state index contributed by atoms with van der Waals surface area (Å²) in [5.74, 6) is -0.118. The van der Waals surface area contributed by atoms with Gasteiger partial charge in [-0.15, -0.1) is 0 Å². The third-order valence-corrected chi connectivity index (χ3v) is 5.78. The average Bonchev–Trinajstić information content (AvgIpc) is 2.63. The van der Waals surface area contributed by atoms with Crippen LogP contribution in [0.2, 0.25) is 0 Å². The molecule has 1 saturated heterocycles. The number of nitrogens with zero attached hydrogens (tertiary/aromatic N) is 1. The number of sulfonamides is 1. The van der Waals surface area contributed by atoms with Crippen molar-refractivity contribution in [2.24, 2.45) is 0 Å². The molecule has 0 radical (unpaired) electrons. The van der Waals surface area contributed by atoms with Gasteiger partial charge in [-0.05, 0) is 38.3 Å². The summed E-state index contributed by atoms with van der Waals surface area (Å²) in [5, 5.41) is 12.5. The van der Waals surface area contributed by atoms with Crippen LogP contribution in [0.25, 0.3) is 0 Å². The molecule has 3 atom stereocenters. The van der Waals surface area contributed by atoms with Crippen molar-refractivity contribution in [3.63, 3.8) is 0 Å². The van der Waals surface area contributed by atoms with Crippen LogP contribution in [0.15, 0.2) is 24.4 Å². The van der Waals surface area contributed by atoms with Crippen LogP contribution in [0.1, 0.15) is 31.9 Å². The van der Waals surface area contributed by atoms with Crippen molar-refractivity contribution in [1.29, 1.82) is 0 Å². The first-order valence-corrected chi connectivity index (χ1v) is 10.5. The maximum absolute atomic E-state index is 12.2. The zero-order chi connectivity index (χ0) is 19.0. The van der Waals surface area contributed by atoms with Gasteiger partial charge in [-0.2, -0.15) is 0 Å². The van der Waals surface area contributed by atoms with Crippen LogP contribution in [0.5, 0.6) is 0 Å². The molecule has 1 fully saturated rings. The molecule has 0 unspecified atom stereocenters. The lowest BCUT2D eigenvalue weighted by Gasteiger charge is -2.36. The molecule has 0 aliphatic carbocycles. The zero-order valence-electron chi connectivity index (χ0n) is 14.9. The van der Waals surface area contributed by atoms with Gasteiger partial charge in [0.25, 0.3) is 0 Å². The second-order valence-corrected chi connectivity index (χ2v) is 8.41. The molecule has 0 spiro atoms. The van der Waals surface area contributed by atoms with Crippen molar-refractivity contribution < 1.29 is 23.1 Å². The minimum absolute atomic E-state index is 0.0438. The van der Waals surface area contributed by atoms with E-state index < -0.39 is 16.1 Å². The van der Waals surface area contributed by atoms with Gasteiger partial charge in [0.05, 0.1) is 30.9 Å². The minimum atomic E-state index is -3.21. The van der Waals surface area contributed by atoms with Gasteiger partial charge in [-0.1, -0.05) is 6.07 Å². The van der Waals surface area contributed by atoms with Crippen LogP contribution in [0.4, 0.5) is 0 Å². The van der Waals surface area contributed by atoms with Crippen molar-refractivity contribution in [1.82, 2.24) is 15.0 Å². The highest BCUT2D eigenvalue weighted by atomic mass is 32.2. The number of rotatable bonds is 9. The topological polar surface area (TPSA) is 118 Å². The molecular formula is C17H27N3O5S. The third kappa shape index (κ3) is 6.64. The van der Waals surface area contributed by atoms with Crippen LogP contribution in [0, 0.1) is 0 Å². The number of nitrogens with one attached hydrogen (secondary N) is 2. The van der Waals surface area contributed by atoms with Gasteiger partial charge in [0.1, 0.15) is 6.10 Å². The normalized spacial score (nSPS) is 23.5. The van der Waals surface area contributed by atoms with E-state index >= 15 is 0 Å². The number of carbonyl (C=O) groups is 1. The van der Waals surface area contributed by atoms with E-state index in [0.717, 1.165) is 0 Å². The average molecular weight is 385 g/mol. The van der Waals surface area contributed by atoms with Crippen molar-refractivity contribution in [2.45, 2.75) is 50.9 Å². The van der Waals surface area contributed by atoms with Crippen LogP contribution >= 0.6 is 0 Å². The maximum atomic E-state index is 12.2. The summed E-state index contributed by atoms with van der Waals surface area (Å²) < 4.78 is 31.2. The first kappa shape index (κ1) is 20.8. The summed E-state index contributed by atoms with van der Waals surface area (Å²) in [6, 6.07) is 5.14. The van der Waals surface area contributed by atoms with Crippen LogP contribution in [-0.4, -0.2) is 61.6 Å². The number of amides is 1. The van der Waals surface area contributed by atoms with Gasteiger partial charge in [0.2, 0.25) is 15.9 Å². The highest BCUT2D eigenvalue weighted by Crippen LogP contribution is 2.21. The predicted octanol–water partition coefficient (Wildman–Crippen LogP) is -0.0218. The molecule has 0 bridgehead atoms. The lowest BCUT2D eigenvalue weighted by molar-refractivity contribution is -0.127. The fraction of sp³-hybridized carbons (Fsp3) is 0.647. The van der Waals surface area contributed by atoms with Crippen LogP contribution in [-0.2, 0) is 26.0 Å². The van der Waals surface area contributed by atoms with Gasteiger partial charge < -0.3 is 15.2 Å². The maximum Gasteiger partial charge on any atom is 0.226 e. The zero-order valence-corrected chi connectivity index (χ0v) is 15.7. The number of aliphatic hydroxyl groups is 1. The Balaban J connectivity index is 1.79. The number of aliphatic hydroxyl groups excluding tert-OH is 1. The molecule has 0 saturated carbocycles. The first-order chi connectivity index (χ1) is 12.4. The molecular weight excluding hydrogens is 358 g/mol. The molecule has 2 rings (SSSR count). The van der Waals surface area contributed by atoms with Crippen molar-refractivity contribution in [3.8, 4) is 0 Å². The van der Waals surface area contributed by atoms with Gasteiger partial charge in [0.15, 0.2) is 0 Å². The number of hydrogen-bond acceptors (Lipinski definition) is 6. The number of ether oxygens (including phenoxy) is 1. The highest BCUT2D eigenvalue weighted by Gasteiger charge is 2.31. The Morgan fingerprint density at radius 3 is 2.85 bits per heavy atom. The Hall–Kier alpha value is -1.55. The quantitative estimate of drug-likeness (QED) is 0.550. The van der Waals surface area contributed by atoms with Crippen LogP contribution in [0.3, 0.4) is 0 Å². The van der Waals surface area contributed by atoms with E-state index in [1.807, 2.05) is 6.07 Å². The second-order valence-electron chi connectivity index (χ2n) is 6.31. The largest absolute Gasteiger partial charge is 0.394 e. The SMILES string of the molecule is CCS(=O)(=O)NCC[C@@H]1CC[C@@H](NC(=O)Cc2ccccn2)[C@H](CO)O1. The van der Waals surface area contributed by atoms with E-state index in [0.29, 0.717) is 31.5 Å². The molecule has 8 nitrogen and oxygen atoms in total. The smallest absolute Gasteiger partial charge is 0.226 e. The fourth-order valence-corrected chi connectivity index (χ4v) is 3.54. The molecule has 1 amide bonds. The van der Waals surface area contributed by atoms with E-state index in [4.69, 9.17) is 4.74 Å². The van der Waals surface area contributed by atoms with E-state index in [9.17, 15) is 18.3 Å².